The van der Waals surface area contributed by atoms with E-state index in [4.69, 9.17) is 9.90 Å². The summed E-state index contributed by atoms with van der Waals surface area (Å²) in [5.74, 6) is -0.833. The van der Waals surface area contributed by atoms with Gasteiger partial charge in [-0.15, -0.1) is 0 Å². The molecule has 0 heterocycles. The Morgan fingerprint density at radius 3 is 1.62 bits per heavy atom. The second-order valence-electron chi connectivity index (χ2n) is 3.30. The number of hydrogen-bond acceptors (Lipinski definition) is 2. The van der Waals surface area contributed by atoms with Crippen LogP contribution in [0.5, 0.6) is 0 Å². The van der Waals surface area contributed by atoms with Crippen LogP contribution >= 0.6 is 0 Å². The van der Waals surface area contributed by atoms with Gasteiger partial charge in [-0.1, -0.05) is 13.8 Å². The van der Waals surface area contributed by atoms with E-state index >= 15 is 0 Å². The molecule has 3 nitrogen and oxygen atoms in total. The minimum atomic E-state index is -0.833. The third kappa shape index (κ3) is 18.4. The highest BCUT2D eigenvalue weighted by Gasteiger charge is 2.00. The molecule has 2 unspecified atom stereocenters. The summed E-state index contributed by atoms with van der Waals surface area (Å²) in [5, 5.41) is 10.9. The van der Waals surface area contributed by atoms with Gasteiger partial charge in [0.15, 0.2) is 0 Å². The molecule has 0 radical (unpaired) electrons. The summed E-state index contributed by atoms with van der Waals surface area (Å²) in [4.78, 5) is 9.00. The lowest BCUT2D eigenvalue weighted by molar-refractivity contribution is -0.134. The lowest BCUT2D eigenvalue weighted by atomic mass is 10.2. The van der Waals surface area contributed by atoms with E-state index in [1.165, 1.54) is 12.8 Å². The van der Waals surface area contributed by atoms with E-state index < -0.39 is 5.97 Å². The largest absolute Gasteiger partial charge is 0.481 e. The van der Waals surface area contributed by atoms with Crippen molar-refractivity contribution in [3.63, 3.8) is 0 Å². The maximum absolute atomic E-state index is 9.00. The van der Waals surface area contributed by atoms with Crippen molar-refractivity contribution in [3.8, 4) is 0 Å². The molecule has 0 bridgehead atoms. The van der Waals surface area contributed by atoms with E-state index in [9.17, 15) is 0 Å². The summed E-state index contributed by atoms with van der Waals surface area (Å²) in [6.45, 7) is 9.96. The van der Waals surface area contributed by atoms with Crippen molar-refractivity contribution in [2.75, 3.05) is 0 Å². The van der Waals surface area contributed by atoms with Crippen LogP contribution in [0.3, 0.4) is 0 Å². The fourth-order valence-electron chi connectivity index (χ4n) is 0.721. The number of carbonyl (C=O) groups is 1. The molecule has 0 rings (SSSR count). The van der Waals surface area contributed by atoms with Gasteiger partial charge in [0.2, 0.25) is 0 Å². The number of carboxylic acid groups (broad SMARTS) is 1. The molecule has 0 amide bonds. The number of aliphatic carboxylic acids is 1. The molecule has 0 saturated heterocycles. The van der Waals surface area contributed by atoms with E-state index in [0.717, 1.165) is 6.92 Å². The van der Waals surface area contributed by atoms with Crippen LogP contribution in [0.15, 0.2) is 0 Å². The van der Waals surface area contributed by atoms with Gasteiger partial charge in [0.05, 0.1) is 0 Å². The molecule has 0 aromatic rings. The van der Waals surface area contributed by atoms with Gasteiger partial charge in [-0.2, -0.15) is 0 Å². The van der Waals surface area contributed by atoms with Crippen LogP contribution < -0.4 is 5.32 Å². The number of nitrogens with one attached hydrogen (secondary N) is 1. The summed E-state index contributed by atoms with van der Waals surface area (Å²) in [5.41, 5.74) is 0. The predicted octanol–water partition coefficient (Wildman–Crippen LogP) is 2.26. The average Bonchev–Trinajstić information content (AvgIpc) is 2.03. The van der Waals surface area contributed by atoms with Gasteiger partial charge in [-0.05, 0) is 26.7 Å². The molecule has 2 atom stereocenters. The Morgan fingerprint density at radius 2 is 1.46 bits per heavy atom. The molecule has 3 heteroatoms. The molecular formula is C10H23NO2. The zero-order valence-corrected chi connectivity index (χ0v) is 9.42. The van der Waals surface area contributed by atoms with E-state index in [1.807, 2.05) is 0 Å². The summed E-state index contributed by atoms with van der Waals surface area (Å²) in [7, 11) is 0. The normalized spacial score (nSPS) is 13.9. The quantitative estimate of drug-likeness (QED) is 0.713. The van der Waals surface area contributed by atoms with Gasteiger partial charge < -0.3 is 10.4 Å². The highest BCUT2D eigenvalue weighted by Crippen LogP contribution is 1.93. The van der Waals surface area contributed by atoms with E-state index in [-0.39, 0.29) is 0 Å². The molecule has 80 valence electrons. The van der Waals surface area contributed by atoms with Gasteiger partial charge in [0, 0.05) is 19.0 Å². The van der Waals surface area contributed by atoms with Crippen LogP contribution in [-0.4, -0.2) is 23.2 Å². The Balaban J connectivity index is 0. The van der Waals surface area contributed by atoms with Crippen LogP contribution in [0.4, 0.5) is 0 Å². The molecule has 13 heavy (non-hydrogen) atoms. The number of hydrogen-bond donors (Lipinski definition) is 2. The minimum absolute atomic E-state index is 0.681. The van der Waals surface area contributed by atoms with Crippen molar-refractivity contribution in [1.82, 2.24) is 5.32 Å². The molecule has 0 fully saturated rings. The first-order valence-electron chi connectivity index (χ1n) is 4.89. The molecule has 0 aromatic carbocycles. The maximum Gasteiger partial charge on any atom is 0.300 e. The van der Waals surface area contributed by atoms with Crippen LogP contribution in [0, 0.1) is 0 Å². The smallest absolute Gasteiger partial charge is 0.300 e. The Kier molecular flexibility index (Phi) is 10.9. The third-order valence-corrected chi connectivity index (χ3v) is 1.79. The SMILES string of the molecule is CC(=O)O.CCC(C)NC(C)CC. The standard InChI is InChI=1S/C8H19N.C2H4O2/c1-5-7(3)9-8(4)6-2;1-2(3)4/h7-9H,5-6H2,1-4H3;1H3,(H,3,4). The molecule has 2 N–H and O–H groups in total. The Morgan fingerprint density at radius 1 is 1.23 bits per heavy atom. The fraction of sp³-hybridized carbons (Fsp3) is 0.900. The highest BCUT2D eigenvalue weighted by molar-refractivity contribution is 5.62. The van der Waals surface area contributed by atoms with E-state index in [0.29, 0.717) is 12.1 Å². The number of rotatable bonds is 4. The first kappa shape index (κ1) is 14.9. The zero-order chi connectivity index (χ0) is 10.9. The monoisotopic (exact) mass is 189 g/mol. The summed E-state index contributed by atoms with van der Waals surface area (Å²) in [6.07, 6.45) is 2.45. The number of carboxylic acids is 1. The van der Waals surface area contributed by atoms with Crippen molar-refractivity contribution in [1.29, 1.82) is 0 Å². The summed E-state index contributed by atoms with van der Waals surface area (Å²) >= 11 is 0. The second-order valence-corrected chi connectivity index (χ2v) is 3.30. The third-order valence-electron chi connectivity index (χ3n) is 1.79. The van der Waals surface area contributed by atoms with Gasteiger partial charge in [0.25, 0.3) is 5.97 Å². The molecule has 0 aromatic heterocycles. The molecule has 0 saturated carbocycles. The minimum Gasteiger partial charge on any atom is -0.481 e. The average molecular weight is 189 g/mol. The molecule has 0 aliphatic rings. The van der Waals surface area contributed by atoms with Crippen molar-refractivity contribution in [3.05, 3.63) is 0 Å². The van der Waals surface area contributed by atoms with E-state index in [1.54, 1.807) is 0 Å². The molecule has 0 spiro atoms. The van der Waals surface area contributed by atoms with Gasteiger partial charge in [-0.3, -0.25) is 4.79 Å². The Hall–Kier alpha value is -0.570. The summed E-state index contributed by atoms with van der Waals surface area (Å²) < 4.78 is 0. The summed E-state index contributed by atoms with van der Waals surface area (Å²) in [6, 6.07) is 1.36. The van der Waals surface area contributed by atoms with Crippen LogP contribution in [-0.2, 0) is 4.79 Å². The van der Waals surface area contributed by atoms with Gasteiger partial charge in [0.1, 0.15) is 0 Å². The fourth-order valence-corrected chi connectivity index (χ4v) is 0.721. The first-order chi connectivity index (χ1) is 5.93. The molecule has 0 aliphatic heterocycles. The van der Waals surface area contributed by atoms with Gasteiger partial charge >= 0.3 is 0 Å². The zero-order valence-electron chi connectivity index (χ0n) is 9.42. The van der Waals surface area contributed by atoms with Crippen molar-refractivity contribution in [2.24, 2.45) is 0 Å². The predicted molar refractivity (Wildman–Crippen MR) is 56.0 cm³/mol. The lowest BCUT2D eigenvalue weighted by Crippen LogP contribution is -2.33. The van der Waals surface area contributed by atoms with Crippen molar-refractivity contribution < 1.29 is 9.90 Å². The maximum atomic E-state index is 9.00. The Labute approximate surface area is 81.5 Å². The van der Waals surface area contributed by atoms with Crippen LogP contribution in [0.2, 0.25) is 0 Å². The van der Waals surface area contributed by atoms with Crippen LogP contribution in [0.25, 0.3) is 0 Å². The Bertz CT molecular complexity index is 114. The first-order valence-corrected chi connectivity index (χ1v) is 4.89. The van der Waals surface area contributed by atoms with Crippen molar-refractivity contribution >= 4 is 5.97 Å². The highest BCUT2D eigenvalue weighted by atomic mass is 16.4. The molecular weight excluding hydrogens is 166 g/mol. The lowest BCUT2D eigenvalue weighted by Gasteiger charge is -2.16. The van der Waals surface area contributed by atoms with Crippen molar-refractivity contribution in [2.45, 2.75) is 59.5 Å². The van der Waals surface area contributed by atoms with Crippen LogP contribution in [0.1, 0.15) is 47.5 Å². The molecule has 0 aliphatic carbocycles. The van der Waals surface area contributed by atoms with E-state index in [2.05, 4.69) is 33.0 Å². The second kappa shape index (κ2) is 9.52. The topological polar surface area (TPSA) is 49.3 Å². The van der Waals surface area contributed by atoms with Gasteiger partial charge in [-0.25, -0.2) is 0 Å².